The van der Waals surface area contributed by atoms with Gasteiger partial charge >= 0.3 is 6.11 Å². The van der Waals surface area contributed by atoms with Gasteiger partial charge in [-0.05, 0) is 42.3 Å². The lowest BCUT2D eigenvalue weighted by molar-refractivity contribution is -0.591. The predicted octanol–water partition coefficient (Wildman–Crippen LogP) is 4.18. The third-order valence-electron chi connectivity index (χ3n) is 4.74. The molecule has 3 rings (SSSR count). The summed E-state index contributed by atoms with van der Waals surface area (Å²) in [6.07, 6.45) is 0.471. The number of hydrogen-bond donors (Lipinski definition) is 3. The second-order valence-electron chi connectivity index (χ2n) is 7.37. The van der Waals surface area contributed by atoms with Gasteiger partial charge < -0.3 is 20.6 Å². The maximum absolute atomic E-state index is 13.0. The molecule has 0 amide bonds. The van der Waals surface area contributed by atoms with Gasteiger partial charge in [-0.15, -0.1) is 0 Å². The molecule has 2 aromatic rings. The Balaban J connectivity index is 1.83. The van der Waals surface area contributed by atoms with Crippen LogP contribution in [0.25, 0.3) is 0 Å². The summed E-state index contributed by atoms with van der Waals surface area (Å²) in [7, 11) is 0. The highest BCUT2D eigenvalue weighted by Crippen LogP contribution is 2.29. The summed E-state index contributed by atoms with van der Waals surface area (Å²) < 4.78 is 32.6. The van der Waals surface area contributed by atoms with Gasteiger partial charge in [0, 0.05) is 31.0 Å². The lowest BCUT2D eigenvalue weighted by Gasteiger charge is -2.26. The van der Waals surface area contributed by atoms with Crippen molar-refractivity contribution in [3.8, 4) is 5.75 Å². The second kappa shape index (κ2) is 9.53. The van der Waals surface area contributed by atoms with Crippen LogP contribution in [0.3, 0.4) is 0 Å². The lowest BCUT2D eigenvalue weighted by Crippen LogP contribution is -2.45. The topological polar surface area (TPSA) is 81.2 Å². The number of ether oxygens (including phenoxy) is 1. The van der Waals surface area contributed by atoms with Crippen molar-refractivity contribution in [2.45, 2.75) is 19.5 Å². The zero-order valence-electron chi connectivity index (χ0n) is 17.0. The van der Waals surface area contributed by atoms with Crippen LogP contribution in [0, 0.1) is 11.3 Å². The fourth-order valence-corrected chi connectivity index (χ4v) is 3.52. The van der Waals surface area contributed by atoms with Crippen molar-refractivity contribution in [1.82, 2.24) is 4.98 Å². The Hall–Kier alpha value is -2.84. The molecule has 0 unspecified atom stereocenters. The van der Waals surface area contributed by atoms with Crippen LogP contribution >= 0.6 is 11.6 Å². The van der Waals surface area contributed by atoms with E-state index in [1.54, 1.807) is 30.6 Å². The largest absolute Gasteiger partial charge is 0.433 e. The number of halogens is 3. The molecule has 9 heteroatoms. The van der Waals surface area contributed by atoms with Crippen LogP contribution < -0.4 is 10.1 Å². The van der Waals surface area contributed by atoms with Crippen LogP contribution in [-0.4, -0.2) is 52.4 Å². The molecule has 1 saturated heterocycles. The van der Waals surface area contributed by atoms with Crippen LogP contribution in [0.4, 0.5) is 20.3 Å². The second-order valence-corrected chi connectivity index (χ2v) is 7.85. The quantitative estimate of drug-likeness (QED) is 0.396. The zero-order chi connectivity index (χ0) is 22.6. The summed E-state index contributed by atoms with van der Waals surface area (Å²) in [6, 6.07) is 7.85. The number of allylic oxidation sites excluding steroid dienone is 1. The van der Waals surface area contributed by atoms with Gasteiger partial charge in [0.25, 0.3) is 0 Å². The third kappa shape index (κ3) is 6.08. The first kappa shape index (κ1) is 22.8. The normalized spacial score (nSPS) is 15.8. The number of hydrogen-bond acceptors (Lipinski definition) is 5. The van der Waals surface area contributed by atoms with Crippen molar-refractivity contribution in [3.63, 3.8) is 0 Å². The van der Waals surface area contributed by atoms with Gasteiger partial charge in [0.05, 0.1) is 10.7 Å². The van der Waals surface area contributed by atoms with Crippen molar-refractivity contribution in [3.05, 3.63) is 59.3 Å². The first-order valence-corrected chi connectivity index (χ1v) is 10.1. The molecule has 6 nitrogen and oxygen atoms in total. The van der Waals surface area contributed by atoms with Crippen LogP contribution in [0.2, 0.25) is 0 Å². The molecule has 1 aliphatic heterocycles. The molecule has 2 heterocycles. The number of anilines is 2. The van der Waals surface area contributed by atoms with E-state index in [4.69, 9.17) is 17.0 Å². The van der Waals surface area contributed by atoms with E-state index in [-0.39, 0.29) is 18.3 Å². The van der Waals surface area contributed by atoms with Crippen LogP contribution in [-0.2, 0) is 6.42 Å². The molecule has 0 bridgehead atoms. The molecule has 1 aromatic heterocycles. The minimum absolute atomic E-state index is 0.0166. The van der Waals surface area contributed by atoms with Crippen molar-refractivity contribution in [2.75, 3.05) is 25.0 Å². The highest BCUT2D eigenvalue weighted by atomic mass is 35.5. The van der Waals surface area contributed by atoms with Crippen molar-refractivity contribution >= 4 is 35.0 Å². The summed E-state index contributed by atoms with van der Waals surface area (Å²) in [6.45, 7) is 5.53. The van der Waals surface area contributed by atoms with E-state index < -0.39 is 6.11 Å². The number of aliphatic hydroxyl groups excluding tert-OH is 1. The van der Waals surface area contributed by atoms with Gasteiger partial charge in [-0.3, -0.25) is 0 Å². The minimum atomic E-state index is -3.26. The Morgan fingerprint density at radius 1 is 1.39 bits per heavy atom. The Kier molecular flexibility index (Phi) is 7.02. The summed E-state index contributed by atoms with van der Waals surface area (Å²) >= 11 is 5.81. The molecule has 1 aromatic carbocycles. The van der Waals surface area contributed by atoms with Crippen molar-refractivity contribution in [1.29, 1.82) is 5.41 Å². The number of aliphatic hydroxyl groups is 1. The molecule has 31 heavy (non-hydrogen) atoms. The number of nitrogens with zero attached hydrogens (tertiary/aromatic N) is 2. The molecule has 1 aliphatic rings. The average Bonchev–Trinajstić information content (AvgIpc) is 2.64. The summed E-state index contributed by atoms with van der Waals surface area (Å²) in [5.74, 6) is 0.492. The number of benzene rings is 1. The van der Waals surface area contributed by atoms with Gasteiger partial charge in [0.15, 0.2) is 19.3 Å². The number of pyridine rings is 1. The van der Waals surface area contributed by atoms with Crippen LogP contribution in [0.15, 0.2) is 48.1 Å². The Morgan fingerprint density at radius 2 is 2.06 bits per heavy atom. The average molecular weight is 450 g/mol. The van der Waals surface area contributed by atoms with E-state index in [1.165, 1.54) is 12.1 Å². The maximum atomic E-state index is 13.0. The van der Waals surface area contributed by atoms with Gasteiger partial charge in [-0.25, -0.2) is 9.56 Å². The molecule has 0 saturated carbocycles. The fraction of sp³-hybridized carbons (Fsp3) is 0.318. The van der Waals surface area contributed by atoms with E-state index in [0.717, 1.165) is 5.56 Å². The lowest BCUT2D eigenvalue weighted by atomic mass is 9.88. The van der Waals surface area contributed by atoms with Crippen LogP contribution in [0.5, 0.6) is 5.75 Å². The Morgan fingerprint density at radius 3 is 2.65 bits per heavy atom. The number of aromatic nitrogens is 1. The van der Waals surface area contributed by atoms with Gasteiger partial charge in [0.2, 0.25) is 0 Å². The SMILES string of the molecule is C=C(Cl)C=[N+]1CC(C(=N)c2c(CCO)ccnc2Nc2ccc(OC(C)(F)F)cc2)C1. The van der Waals surface area contributed by atoms with E-state index in [9.17, 15) is 13.9 Å². The standard InChI is InChI=1S/C22H24ClF2N4O2/c1-14(23)11-29-12-16(13-29)20(26)19-15(8-10-30)7-9-27-21(19)28-17-3-5-18(6-4-17)31-22(2,24)25/h3-7,9,11,16,26,30H,1,8,10,12-13H2,2H3,(H,27,28)/q+1. The van der Waals surface area contributed by atoms with E-state index in [0.29, 0.717) is 54.2 Å². The molecular weight excluding hydrogens is 426 g/mol. The number of rotatable bonds is 9. The van der Waals surface area contributed by atoms with Crippen molar-refractivity contribution in [2.24, 2.45) is 5.92 Å². The van der Waals surface area contributed by atoms with Crippen molar-refractivity contribution < 1.29 is 23.2 Å². The molecule has 0 atom stereocenters. The summed E-state index contributed by atoms with van der Waals surface area (Å²) in [5.41, 5.74) is 2.46. The Labute approximate surface area is 184 Å². The molecular formula is C22H24ClF2N4O2+. The molecule has 0 spiro atoms. The van der Waals surface area contributed by atoms with Gasteiger partial charge in [-0.2, -0.15) is 8.78 Å². The van der Waals surface area contributed by atoms with Gasteiger partial charge in [0.1, 0.15) is 17.5 Å². The van der Waals surface area contributed by atoms with E-state index >= 15 is 0 Å². The molecule has 0 radical (unpaired) electrons. The van der Waals surface area contributed by atoms with Gasteiger partial charge in [-0.1, -0.05) is 18.2 Å². The first-order chi connectivity index (χ1) is 14.7. The van der Waals surface area contributed by atoms with E-state index in [1.807, 2.05) is 4.58 Å². The molecule has 1 fully saturated rings. The molecule has 3 N–H and O–H groups in total. The third-order valence-corrected chi connectivity index (χ3v) is 4.84. The van der Waals surface area contributed by atoms with E-state index in [2.05, 4.69) is 21.6 Å². The summed E-state index contributed by atoms with van der Waals surface area (Å²) in [5, 5.41) is 21.8. The summed E-state index contributed by atoms with van der Waals surface area (Å²) in [4.78, 5) is 4.39. The smallest absolute Gasteiger partial charge is 0.394 e. The highest BCUT2D eigenvalue weighted by molar-refractivity contribution is 6.38. The Bertz CT molecular complexity index is 996. The highest BCUT2D eigenvalue weighted by Gasteiger charge is 2.37. The first-order valence-electron chi connectivity index (χ1n) is 9.71. The maximum Gasteiger partial charge on any atom is 0.394 e. The molecule has 0 aliphatic carbocycles. The van der Waals surface area contributed by atoms with Crippen LogP contribution in [0.1, 0.15) is 18.1 Å². The molecule has 164 valence electrons. The monoisotopic (exact) mass is 449 g/mol. The predicted molar refractivity (Wildman–Crippen MR) is 117 cm³/mol. The fourth-order valence-electron chi connectivity index (χ4n) is 3.38. The zero-order valence-corrected chi connectivity index (χ0v) is 17.8. The number of nitrogens with one attached hydrogen (secondary N) is 2. The minimum Gasteiger partial charge on any atom is -0.433 e. The number of alkyl halides is 2.